The van der Waals surface area contributed by atoms with Gasteiger partial charge in [0.25, 0.3) is 5.91 Å². The molecule has 2 aromatic heterocycles. The van der Waals surface area contributed by atoms with Crippen LogP contribution in [0.15, 0.2) is 24.4 Å². The third kappa shape index (κ3) is 2.63. The van der Waals surface area contributed by atoms with Gasteiger partial charge in [0.2, 0.25) is 0 Å². The van der Waals surface area contributed by atoms with Crippen LogP contribution in [0.5, 0.6) is 0 Å². The number of anilines is 2. The minimum absolute atomic E-state index is 0.251. The quantitative estimate of drug-likeness (QED) is 0.736. The van der Waals surface area contributed by atoms with E-state index in [2.05, 4.69) is 15.3 Å². The highest BCUT2D eigenvalue weighted by Crippen LogP contribution is 2.11. The van der Waals surface area contributed by atoms with Crippen molar-refractivity contribution in [3.63, 3.8) is 0 Å². The van der Waals surface area contributed by atoms with Crippen LogP contribution in [0.25, 0.3) is 0 Å². The molecule has 1 amide bonds. The molecule has 0 radical (unpaired) electrons. The molecule has 0 atom stereocenters. The summed E-state index contributed by atoms with van der Waals surface area (Å²) in [6.45, 7) is 3.84. The summed E-state index contributed by atoms with van der Waals surface area (Å²) in [7, 11) is 0. The van der Waals surface area contributed by atoms with E-state index in [0.29, 0.717) is 17.2 Å². The summed E-state index contributed by atoms with van der Waals surface area (Å²) in [6, 6.07) is 5.34. The zero-order valence-electron chi connectivity index (χ0n) is 9.74. The lowest BCUT2D eigenvalue weighted by Gasteiger charge is -2.05. The van der Waals surface area contributed by atoms with E-state index in [4.69, 9.17) is 5.73 Å². The molecule has 0 aliphatic carbocycles. The predicted molar refractivity (Wildman–Crippen MR) is 66.9 cm³/mol. The van der Waals surface area contributed by atoms with E-state index >= 15 is 0 Å². The van der Waals surface area contributed by atoms with Crippen molar-refractivity contribution in [1.82, 2.24) is 9.97 Å². The number of H-pyrrole nitrogens is 1. The summed E-state index contributed by atoms with van der Waals surface area (Å²) in [4.78, 5) is 18.8. The summed E-state index contributed by atoms with van der Waals surface area (Å²) in [5.41, 5.74) is 8.40. The van der Waals surface area contributed by atoms with Crippen molar-refractivity contribution in [2.24, 2.45) is 0 Å². The third-order valence-corrected chi connectivity index (χ3v) is 2.29. The Hall–Kier alpha value is -2.30. The molecule has 0 bridgehead atoms. The van der Waals surface area contributed by atoms with E-state index in [-0.39, 0.29) is 5.91 Å². The number of rotatable bonds is 2. The molecule has 0 spiro atoms. The summed E-state index contributed by atoms with van der Waals surface area (Å²) >= 11 is 0. The van der Waals surface area contributed by atoms with Crippen molar-refractivity contribution in [3.8, 4) is 0 Å². The second-order valence-corrected chi connectivity index (χ2v) is 3.97. The SMILES string of the molecule is Cc1cc(C)nc(NC(=O)c2cc(N)c[nH]2)c1. The number of hydrogen-bond acceptors (Lipinski definition) is 3. The largest absolute Gasteiger partial charge is 0.397 e. The van der Waals surface area contributed by atoms with E-state index in [1.54, 1.807) is 12.3 Å². The first-order valence-electron chi connectivity index (χ1n) is 5.25. The van der Waals surface area contributed by atoms with Crippen molar-refractivity contribution in [2.75, 3.05) is 11.1 Å². The molecule has 0 saturated carbocycles. The second kappa shape index (κ2) is 4.29. The third-order valence-electron chi connectivity index (χ3n) is 2.29. The van der Waals surface area contributed by atoms with E-state index in [1.165, 1.54) is 0 Å². The standard InChI is InChI=1S/C12H14N4O/c1-7-3-8(2)15-11(4-7)16-12(17)10-5-9(13)6-14-10/h3-6,14H,13H2,1-2H3,(H,15,16,17). The first-order chi connectivity index (χ1) is 8.04. The lowest BCUT2D eigenvalue weighted by atomic mass is 10.2. The number of nitrogens with one attached hydrogen (secondary N) is 2. The molecule has 2 rings (SSSR count). The average Bonchev–Trinajstić information content (AvgIpc) is 2.63. The highest BCUT2D eigenvalue weighted by molar-refractivity contribution is 6.03. The lowest BCUT2D eigenvalue weighted by molar-refractivity contribution is 0.102. The van der Waals surface area contributed by atoms with E-state index in [9.17, 15) is 4.79 Å². The zero-order chi connectivity index (χ0) is 12.4. The van der Waals surface area contributed by atoms with Gasteiger partial charge in [-0.15, -0.1) is 0 Å². The molecule has 0 fully saturated rings. The van der Waals surface area contributed by atoms with Crippen LogP contribution in [-0.2, 0) is 0 Å². The summed E-state index contributed by atoms with van der Waals surface area (Å²) in [5.74, 6) is 0.292. The fourth-order valence-corrected chi connectivity index (χ4v) is 1.63. The van der Waals surface area contributed by atoms with Gasteiger partial charge in [-0.05, 0) is 37.6 Å². The second-order valence-electron chi connectivity index (χ2n) is 3.97. The van der Waals surface area contributed by atoms with Gasteiger partial charge in [0.15, 0.2) is 0 Å². The van der Waals surface area contributed by atoms with Gasteiger partial charge >= 0.3 is 0 Å². The Morgan fingerprint density at radius 2 is 2.12 bits per heavy atom. The number of aryl methyl sites for hydroxylation is 2. The lowest BCUT2D eigenvalue weighted by Crippen LogP contribution is -2.13. The number of aromatic amines is 1. The monoisotopic (exact) mass is 230 g/mol. The molecule has 0 saturated heterocycles. The number of nitrogens with two attached hydrogens (primary N) is 1. The number of hydrogen-bond donors (Lipinski definition) is 3. The van der Waals surface area contributed by atoms with Crippen molar-refractivity contribution < 1.29 is 4.79 Å². The van der Waals surface area contributed by atoms with Gasteiger partial charge in [-0.1, -0.05) is 0 Å². The number of nitrogen functional groups attached to an aromatic ring is 1. The molecule has 17 heavy (non-hydrogen) atoms. The van der Waals surface area contributed by atoms with Crippen molar-refractivity contribution in [3.05, 3.63) is 41.3 Å². The fourth-order valence-electron chi connectivity index (χ4n) is 1.63. The molecule has 0 aliphatic rings. The minimum Gasteiger partial charge on any atom is -0.397 e. The topological polar surface area (TPSA) is 83.8 Å². The Balaban J connectivity index is 2.18. The highest BCUT2D eigenvalue weighted by Gasteiger charge is 2.09. The van der Waals surface area contributed by atoms with Crippen LogP contribution in [0.1, 0.15) is 21.7 Å². The summed E-state index contributed by atoms with van der Waals surface area (Å²) in [5, 5.41) is 2.72. The molecule has 2 aromatic rings. The maximum Gasteiger partial charge on any atom is 0.273 e. The molecule has 4 N–H and O–H groups in total. The zero-order valence-corrected chi connectivity index (χ0v) is 9.74. The normalized spacial score (nSPS) is 10.2. The molecule has 2 heterocycles. The Morgan fingerprint density at radius 3 is 2.71 bits per heavy atom. The molecular weight excluding hydrogens is 216 g/mol. The first-order valence-corrected chi connectivity index (χ1v) is 5.25. The van der Waals surface area contributed by atoms with Crippen LogP contribution in [-0.4, -0.2) is 15.9 Å². The van der Waals surface area contributed by atoms with Crippen LogP contribution < -0.4 is 11.1 Å². The average molecular weight is 230 g/mol. The Labute approximate surface area is 99.1 Å². The van der Waals surface area contributed by atoms with Crippen molar-refractivity contribution in [2.45, 2.75) is 13.8 Å². The van der Waals surface area contributed by atoms with Crippen LogP contribution in [0.2, 0.25) is 0 Å². The van der Waals surface area contributed by atoms with E-state index in [1.807, 2.05) is 26.0 Å². The number of nitrogens with zero attached hydrogens (tertiary/aromatic N) is 1. The molecule has 5 nitrogen and oxygen atoms in total. The summed E-state index contributed by atoms with van der Waals surface area (Å²) < 4.78 is 0. The molecule has 0 aromatic carbocycles. The Bertz CT molecular complexity index is 539. The number of aromatic nitrogens is 2. The summed E-state index contributed by atoms with van der Waals surface area (Å²) in [6.07, 6.45) is 1.57. The van der Waals surface area contributed by atoms with Gasteiger partial charge in [0.1, 0.15) is 11.5 Å². The first kappa shape index (κ1) is 11.2. The minimum atomic E-state index is -0.251. The van der Waals surface area contributed by atoms with Crippen LogP contribution in [0.4, 0.5) is 11.5 Å². The van der Waals surface area contributed by atoms with Crippen molar-refractivity contribution >= 4 is 17.4 Å². The maximum absolute atomic E-state index is 11.8. The smallest absolute Gasteiger partial charge is 0.273 e. The number of pyridine rings is 1. The van der Waals surface area contributed by atoms with Gasteiger partial charge in [0.05, 0.1) is 0 Å². The van der Waals surface area contributed by atoms with Crippen LogP contribution in [0.3, 0.4) is 0 Å². The number of amides is 1. The fraction of sp³-hybridized carbons (Fsp3) is 0.167. The van der Waals surface area contributed by atoms with Gasteiger partial charge in [-0.3, -0.25) is 4.79 Å². The predicted octanol–water partition coefficient (Wildman–Crippen LogP) is 1.86. The molecule has 0 aliphatic heterocycles. The van der Waals surface area contributed by atoms with Gasteiger partial charge in [0, 0.05) is 17.6 Å². The molecular formula is C12H14N4O. The Morgan fingerprint density at radius 1 is 1.35 bits per heavy atom. The van der Waals surface area contributed by atoms with Crippen molar-refractivity contribution in [1.29, 1.82) is 0 Å². The van der Waals surface area contributed by atoms with E-state index < -0.39 is 0 Å². The maximum atomic E-state index is 11.8. The molecule has 0 unspecified atom stereocenters. The van der Waals surface area contributed by atoms with Gasteiger partial charge in [-0.2, -0.15) is 0 Å². The number of carbonyl (C=O) groups is 1. The molecule has 88 valence electrons. The highest BCUT2D eigenvalue weighted by atomic mass is 16.1. The van der Waals surface area contributed by atoms with Gasteiger partial charge < -0.3 is 16.0 Å². The van der Waals surface area contributed by atoms with E-state index in [0.717, 1.165) is 11.3 Å². The van der Waals surface area contributed by atoms with Crippen LogP contribution >= 0.6 is 0 Å². The Kier molecular flexibility index (Phi) is 2.82. The number of carbonyl (C=O) groups excluding carboxylic acids is 1. The van der Waals surface area contributed by atoms with Crippen LogP contribution in [0, 0.1) is 13.8 Å². The van der Waals surface area contributed by atoms with Gasteiger partial charge in [-0.25, -0.2) is 4.98 Å². The molecule has 5 heteroatoms.